The van der Waals surface area contributed by atoms with Crippen molar-refractivity contribution < 1.29 is 8.78 Å². The van der Waals surface area contributed by atoms with Gasteiger partial charge in [-0.3, -0.25) is 14.3 Å². The lowest BCUT2D eigenvalue weighted by molar-refractivity contribution is 0.0953. The molecular weight excluding hydrogens is 332 g/mol. The van der Waals surface area contributed by atoms with Crippen molar-refractivity contribution >= 4 is 21.6 Å². The van der Waals surface area contributed by atoms with Crippen molar-refractivity contribution in [1.82, 2.24) is 9.55 Å². The number of pyridine rings is 1. The fraction of sp³-hybridized carbons (Fsp3) is 0.235. The van der Waals surface area contributed by atoms with Crippen molar-refractivity contribution in [3.05, 3.63) is 51.9 Å². The van der Waals surface area contributed by atoms with Crippen LogP contribution >= 0.6 is 11.3 Å². The molecule has 0 aliphatic heterocycles. The standard InChI is InChI=1S/C17H11F2N3OS/c18-17(19)6-12(17)9-22-14-2-1-10(5-15(14)24-16(22)23)13-8-21-4-3-11(13)7-20/h1-5,8,12H,6,9H2. The second-order valence-corrected chi connectivity index (χ2v) is 6.85. The van der Waals surface area contributed by atoms with E-state index in [0.717, 1.165) is 16.9 Å². The Morgan fingerprint density at radius 2 is 2.21 bits per heavy atom. The molecule has 1 fully saturated rings. The van der Waals surface area contributed by atoms with Crippen molar-refractivity contribution in [2.45, 2.75) is 18.9 Å². The van der Waals surface area contributed by atoms with Gasteiger partial charge in [-0.05, 0) is 23.8 Å². The molecule has 24 heavy (non-hydrogen) atoms. The summed E-state index contributed by atoms with van der Waals surface area (Å²) in [5, 5.41) is 9.20. The predicted molar refractivity (Wildman–Crippen MR) is 87.1 cm³/mol. The summed E-state index contributed by atoms with van der Waals surface area (Å²) in [4.78, 5) is 16.0. The largest absolute Gasteiger partial charge is 0.308 e. The summed E-state index contributed by atoms with van der Waals surface area (Å²) < 4.78 is 28.4. The average molecular weight is 343 g/mol. The number of fused-ring (bicyclic) bond motifs is 1. The first-order chi connectivity index (χ1) is 11.5. The first kappa shape index (κ1) is 15.0. The number of hydrogen-bond donors (Lipinski definition) is 0. The number of nitrogens with zero attached hydrogens (tertiary/aromatic N) is 3. The Kier molecular flexibility index (Phi) is 3.25. The van der Waals surface area contributed by atoms with E-state index in [1.54, 1.807) is 36.7 Å². The van der Waals surface area contributed by atoms with Crippen LogP contribution in [0.3, 0.4) is 0 Å². The molecule has 4 nitrogen and oxygen atoms in total. The maximum atomic E-state index is 13.1. The lowest BCUT2D eigenvalue weighted by Crippen LogP contribution is -2.15. The number of thiazole rings is 1. The Labute approximate surface area is 139 Å². The third kappa shape index (κ3) is 2.39. The first-order valence-corrected chi connectivity index (χ1v) is 8.17. The predicted octanol–water partition coefficient (Wildman–Crippen LogP) is 3.65. The topological polar surface area (TPSA) is 58.7 Å². The van der Waals surface area contributed by atoms with E-state index < -0.39 is 11.8 Å². The van der Waals surface area contributed by atoms with Crippen LogP contribution in [-0.4, -0.2) is 15.5 Å². The van der Waals surface area contributed by atoms with Gasteiger partial charge in [0.15, 0.2) is 0 Å². The molecule has 1 aliphatic rings. The van der Waals surface area contributed by atoms with Crippen LogP contribution in [0.25, 0.3) is 21.3 Å². The lowest BCUT2D eigenvalue weighted by atomic mass is 10.0. The van der Waals surface area contributed by atoms with E-state index in [4.69, 9.17) is 0 Å². The van der Waals surface area contributed by atoms with Gasteiger partial charge in [0.25, 0.3) is 5.92 Å². The zero-order chi connectivity index (χ0) is 16.9. The molecule has 1 aliphatic carbocycles. The van der Waals surface area contributed by atoms with E-state index in [1.165, 1.54) is 4.57 Å². The van der Waals surface area contributed by atoms with Crippen molar-refractivity contribution in [2.75, 3.05) is 0 Å². The summed E-state index contributed by atoms with van der Waals surface area (Å²) in [6, 6.07) is 9.08. The second kappa shape index (κ2) is 5.21. The molecule has 1 saturated carbocycles. The van der Waals surface area contributed by atoms with Crippen LogP contribution in [0.5, 0.6) is 0 Å². The molecule has 0 radical (unpaired) electrons. The minimum atomic E-state index is -2.65. The minimum absolute atomic E-state index is 0.0432. The molecule has 0 saturated heterocycles. The van der Waals surface area contributed by atoms with Gasteiger partial charge in [0.05, 0.1) is 21.8 Å². The third-order valence-corrected chi connectivity index (χ3v) is 5.22. The molecule has 2 heterocycles. The van der Waals surface area contributed by atoms with Crippen molar-refractivity contribution in [1.29, 1.82) is 5.26 Å². The number of aromatic nitrogens is 2. The van der Waals surface area contributed by atoms with Crippen molar-refractivity contribution in [3.63, 3.8) is 0 Å². The molecule has 1 unspecified atom stereocenters. The molecule has 0 amide bonds. The van der Waals surface area contributed by atoms with Crippen LogP contribution in [-0.2, 0) is 6.54 Å². The summed E-state index contributed by atoms with van der Waals surface area (Å²) in [5.74, 6) is -3.40. The van der Waals surface area contributed by atoms with E-state index in [1.807, 2.05) is 0 Å². The Balaban J connectivity index is 1.78. The highest BCUT2D eigenvalue weighted by Gasteiger charge is 2.56. The highest BCUT2D eigenvalue weighted by molar-refractivity contribution is 7.16. The SMILES string of the molecule is N#Cc1ccncc1-c1ccc2c(c1)sc(=O)n2CC1CC1(F)F. The zero-order valence-electron chi connectivity index (χ0n) is 12.4. The number of hydrogen-bond acceptors (Lipinski definition) is 4. The summed E-state index contributed by atoms with van der Waals surface area (Å²) in [6.07, 6.45) is 2.99. The Morgan fingerprint density at radius 3 is 2.92 bits per heavy atom. The van der Waals surface area contributed by atoms with Crippen LogP contribution in [0, 0.1) is 17.2 Å². The first-order valence-electron chi connectivity index (χ1n) is 7.35. The van der Waals surface area contributed by atoms with E-state index in [-0.39, 0.29) is 17.8 Å². The van der Waals surface area contributed by atoms with Gasteiger partial charge in [-0.25, -0.2) is 8.78 Å². The highest BCUT2D eigenvalue weighted by Crippen LogP contribution is 2.49. The highest BCUT2D eigenvalue weighted by atomic mass is 32.1. The molecule has 1 aromatic carbocycles. The minimum Gasteiger partial charge on any atom is -0.298 e. The number of halogens is 2. The van der Waals surface area contributed by atoms with Gasteiger partial charge in [-0.1, -0.05) is 17.4 Å². The second-order valence-electron chi connectivity index (χ2n) is 5.86. The van der Waals surface area contributed by atoms with Gasteiger partial charge in [0.1, 0.15) is 0 Å². The number of rotatable bonds is 3. The van der Waals surface area contributed by atoms with Crippen molar-refractivity contribution in [2.24, 2.45) is 5.92 Å². The van der Waals surface area contributed by atoms with Gasteiger partial charge >= 0.3 is 4.87 Å². The Morgan fingerprint density at radius 1 is 1.42 bits per heavy atom. The molecule has 0 spiro atoms. The van der Waals surface area contributed by atoms with Gasteiger partial charge < -0.3 is 0 Å². The normalized spacial score (nSPS) is 18.5. The van der Waals surface area contributed by atoms with E-state index in [0.29, 0.717) is 21.3 Å². The zero-order valence-corrected chi connectivity index (χ0v) is 13.2. The van der Waals surface area contributed by atoms with Crippen LogP contribution < -0.4 is 4.87 Å². The molecule has 2 aromatic heterocycles. The number of benzene rings is 1. The quantitative estimate of drug-likeness (QED) is 0.729. The molecule has 0 N–H and O–H groups in total. The Hall–Kier alpha value is -2.59. The number of nitriles is 1. The molecule has 0 bridgehead atoms. The fourth-order valence-electron chi connectivity index (χ4n) is 2.82. The maximum absolute atomic E-state index is 13.1. The van der Waals surface area contributed by atoms with Crippen LogP contribution in [0.2, 0.25) is 0 Å². The fourth-order valence-corrected chi connectivity index (χ4v) is 3.76. The molecule has 3 aromatic rings. The van der Waals surface area contributed by atoms with Gasteiger partial charge in [0, 0.05) is 36.8 Å². The third-order valence-electron chi connectivity index (χ3n) is 4.28. The molecule has 4 rings (SSSR count). The molecule has 7 heteroatoms. The van der Waals surface area contributed by atoms with Crippen LogP contribution in [0.4, 0.5) is 8.78 Å². The summed E-state index contributed by atoms with van der Waals surface area (Å²) >= 11 is 1.03. The van der Waals surface area contributed by atoms with Crippen LogP contribution in [0.15, 0.2) is 41.5 Å². The lowest BCUT2D eigenvalue weighted by Gasteiger charge is -2.05. The molecule has 120 valence electrons. The summed E-state index contributed by atoms with van der Waals surface area (Å²) in [5.41, 5.74) is 2.60. The summed E-state index contributed by atoms with van der Waals surface area (Å²) in [6.45, 7) is 0.0432. The molecule has 1 atom stereocenters. The van der Waals surface area contributed by atoms with E-state index >= 15 is 0 Å². The Bertz CT molecular complexity index is 1050. The summed E-state index contributed by atoms with van der Waals surface area (Å²) in [7, 11) is 0. The van der Waals surface area contributed by atoms with Crippen LogP contribution in [0.1, 0.15) is 12.0 Å². The average Bonchev–Trinajstić information content (AvgIpc) is 3.06. The smallest absolute Gasteiger partial charge is 0.298 e. The maximum Gasteiger partial charge on any atom is 0.308 e. The number of alkyl halides is 2. The van der Waals surface area contributed by atoms with Gasteiger partial charge in [-0.15, -0.1) is 0 Å². The molecular formula is C17H11F2N3OS. The van der Waals surface area contributed by atoms with Gasteiger partial charge in [0.2, 0.25) is 0 Å². The van der Waals surface area contributed by atoms with E-state index in [2.05, 4.69) is 11.1 Å². The van der Waals surface area contributed by atoms with E-state index in [9.17, 15) is 18.8 Å². The van der Waals surface area contributed by atoms with Crippen molar-refractivity contribution in [3.8, 4) is 17.2 Å². The monoisotopic (exact) mass is 343 g/mol. The van der Waals surface area contributed by atoms with Gasteiger partial charge in [-0.2, -0.15) is 5.26 Å².